The number of barbiturate groups is 1. The number of hydrogen-bond acceptors (Lipinski definition) is 4. The summed E-state index contributed by atoms with van der Waals surface area (Å²) in [4.78, 5) is 42.5. The number of pyridine rings is 1. The van der Waals surface area contributed by atoms with Crippen LogP contribution in [-0.2, 0) is 9.59 Å². The molecule has 3 aromatic rings. The first kappa shape index (κ1) is 19.6. The zero-order valence-corrected chi connectivity index (χ0v) is 17.0. The molecule has 0 aliphatic carbocycles. The van der Waals surface area contributed by atoms with Gasteiger partial charge in [0.05, 0.1) is 22.6 Å². The molecule has 1 aliphatic heterocycles. The topological polar surface area (TPSA) is 84.3 Å². The number of nitrogens with one attached hydrogen (secondary N) is 1. The first-order valence-corrected chi connectivity index (χ1v) is 9.51. The van der Waals surface area contributed by atoms with E-state index in [9.17, 15) is 14.4 Å². The lowest BCUT2D eigenvalue weighted by molar-refractivity contribution is -0.122. The van der Waals surface area contributed by atoms with Crippen LogP contribution in [0.25, 0.3) is 11.8 Å². The molecule has 0 spiro atoms. The normalized spacial score (nSPS) is 15.6. The Morgan fingerprint density at radius 3 is 2.53 bits per heavy atom. The number of benzene rings is 1. The Bertz CT molecular complexity index is 1210. The van der Waals surface area contributed by atoms with Crippen LogP contribution < -0.4 is 10.2 Å². The van der Waals surface area contributed by atoms with Gasteiger partial charge in [0.25, 0.3) is 11.8 Å². The molecule has 1 aromatic carbocycles. The molecular weight excluding hydrogens is 404 g/mol. The van der Waals surface area contributed by atoms with Crippen LogP contribution in [0.1, 0.15) is 17.0 Å². The molecule has 0 atom stereocenters. The summed E-state index contributed by atoms with van der Waals surface area (Å²) in [6.45, 7) is 3.78. The fraction of sp³-hybridized carbons (Fsp3) is 0.0909. The molecule has 150 valence electrons. The minimum Gasteiger partial charge on any atom is -0.316 e. The third-order valence-corrected chi connectivity index (χ3v) is 5.19. The number of aryl methyl sites for hydroxylation is 1. The molecule has 30 heavy (non-hydrogen) atoms. The maximum atomic E-state index is 13.0. The van der Waals surface area contributed by atoms with Gasteiger partial charge in [0.2, 0.25) is 0 Å². The van der Waals surface area contributed by atoms with Crippen LogP contribution in [0.4, 0.5) is 10.5 Å². The molecule has 3 heterocycles. The van der Waals surface area contributed by atoms with E-state index in [2.05, 4.69) is 10.3 Å². The summed E-state index contributed by atoms with van der Waals surface area (Å²) in [5.41, 5.74) is 3.30. The van der Waals surface area contributed by atoms with Crippen LogP contribution in [0.15, 0.2) is 60.4 Å². The Morgan fingerprint density at radius 2 is 1.83 bits per heavy atom. The van der Waals surface area contributed by atoms with E-state index in [1.165, 1.54) is 18.5 Å². The van der Waals surface area contributed by atoms with Gasteiger partial charge in [-0.2, -0.15) is 0 Å². The molecule has 7 nitrogen and oxygen atoms in total. The maximum Gasteiger partial charge on any atom is 0.336 e. The Labute approximate surface area is 177 Å². The van der Waals surface area contributed by atoms with Crippen molar-refractivity contribution in [1.82, 2.24) is 14.9 Å². The fourth-order valence-corrected chi connectivity index (χ4v) is 3.69. The van der Waals surface area contributed by atoms with E-state index >= 15 is 0 Å². The summed E-state index contributed by atoms with van der Waals surface area (Å²) in [5.74, 6) is -1.45. The van der Waals surface area contributed by atoms with Crippen LogP contribution >= 0.6 is 11.6 Å². The number of hydrogen-bond donors (Lipinski definition) is 1. The lowest BCUT2D eigenvalue weighted by atomic mass is 10.1. The van der Waals surface area contributed by atoms with E-state index in [4.69, 9.17) is 11.6 Å². The van der Waals surface area contributed by atoms with Crippen LogP contribution in [0, 0.1) is 13.8 Å². The Balaban J connectivity index is 1.79. The van der Waals surface area contributed by atoms with Crippen molar-refractivity contribution >= 4 is 41.2 Å². The molecule has 0 bridgehead atoms. The molecule has 0 saturated carbocycles. The van der Waals surface area contributed by atoms with E-state index in [1.807, 2.05) is 42.7 Å². The number of urea groups is 1. The number of amides is 4. The summed E-state index contributed by atoms with van der Waals surface area (Å²) in [6, 6.07) is 11.6. The van der Waals surface area contributed by atoms with Crippen molar-refractivity contribution in [3.63, 3.8) is 0 Å². The predicted octanol–water partition coefficient (Wildman–Crippen LogP) is 3.81. The second kappa shape index (κ2) is 7.61. The fourth-order valence-electron chi connectivity index (χ4n) is 3.47. The standard InChI is InChI=1S/C22H17ClN4O3/c1-13-10-15(14(2)26(13)19-8-4-3-7-18(19)23)11-17-20(28)25-22(30)27(21(17)29)16-6-5-9-24-12-16/h3-12H,1-2H3,(H,25,28,30)/b17-11+. The minimum absolute atomic E-state index is 0.141. The third kappa shape index (κ3) is 3.29. The number of imide groups is 2. The zero-order valence-electron chi connectivity index (χ0n) is 16.2. The van der Waals surface area contributed by atoms with E-state index < -0.39 is 17.8 Å². The van der Waals surface area contributed by atoms with Gasteiger partial charge in [0.15, 0.2) is 0 Å². The number of aromatic nitrogens is 2. The van der Waals surface area contributed by atoms with Gasteiger partial charge in [-0.25, -0.2) is 9.69 Å². The number of carbonyl (C=O) groups is 3. The van der Waals surface area contributed by atoms with E-state index in [1.54, 1.807) is 18.2 Å². The van der Waals surface area contributed by atoms with Crippen molar-refractivity contribution in [1.29, 1.82) is 0 Å². The number of para-hydroxylation sites is 1. The number of nitrogens with zero attached hydrogens (tertiary/aromatic N) is 3. The molecule has 0 radical (unpaired) electrons. The quantitative estimate of drug-likeness (QED) is 0.515. The molecular formula is C22H17ClN4O3. The largest absolute Gasteiger partial charge is 0.336 e. The summed E-state index contributed by atoms with van der Waals surface area (Å²) in [5, 5.41) is 2.80. The summed E-state index contributed by atoms with van der Waals surface area (Å²) >= 11 is 6.35. The van der Waals surface area contributed by atoms with Gasteiger partial charge < -0.3 is 4.57 Å². The van der Waals surface area contributed by atoms with Crippen molar-refractivity contribution in [3.05, 3.63) is 82.4 Å². The maximum absolute atomic E-state index is 13.0. The smallest absolute Gasteiger partial charge is 0.316 e. The highest BCUT2D eigenvalue weighted by atomic mass is 35.5. The van der Waals surface area contributed by atoms with Crippen molar-refractivity contribution < 1.29 is 14.4 Å². The molecule has 2 aromatic heterocycles. The van der Waals surface area contributed by atoms with E-state index in [0.717, 1.165) is 22.0 Å². The van der Waals surface area contributed by atoms with Gasteiger partial charge in [-0.3, -0.25) is 19.9 Å². The first-order valence-electron chi connectivity index (χ1n) is 9.14. The molecule has 4 amide bonds. The molecule has 1 fully saturated rings. The molecule has 1 aliphatic rings. The third-order valence-electron chi connectivity index (χ3n) is 4.87. The molecule has 0 unspecified atom stereocenters. The van der Waals surface area contributed by atoms with Gasteiger partial charge in [-0.15, -0.1) is 0 Å². The summed E-state index contributed by atoms with van der Waals surface area (Å²) in [7, 11) is 0. The molecule has 1 N–H and O–H groups in total. The number of halogens is 1. The summed E-state index contributed by atoms with van der Waals surface area (Å²) in [6.07, 6.45) is 4.40. The van der Waals surface area contributed by atoms with Gasteiger partial charge in [-0.05, 0) is 55.8 Å². The lowest BCUT2D eigenvalue weighted by Crippen LogP contribution is -2.54. The highest BCUT2D eigenvalue weighted by Gasteiger charge is 2.37. The number of carbonyl (C=O) groups excluding carboxylic acids is 3. The first-order chi connectivity index (χ1) is 14.4. The zero-order chi connectivity index (χ0) is 21.4. The van der Waals surface area contributed by atoms with Crippen molar-refractivity contribution in [2.75, 3.05) is 4.90 Å². The molecule has 1 saturated heterocycles. The Hall–Kier alpha value is -3.71. The van der Waals surface area contributed by atoms with Gasteiger partial charge >= 0.3 is 6.03 Å². The minimum atomic E-state index is -0.809. The van der Waals surface area contributed by atoms with Crippen LogP contribution in [0.3, 0.4) is 0 Å². The average molecular weight is 421 g/mol. The van der Waals surface area contributed by atoms with Crippen LogP contribution in [0.5, 0.6) is 0 Å². The van der Waals surface area contributed by atoms with Crippen LogP contribution in [0.2, 0.25) is 5.02 Å². The predicted molar refractivity (Wildman–Crippen MR) is 113 cm³/mol. The van der Waals surface area contributed by atoms with Gasteiger partial charge in [-0.1, -0.05) is 23.7 Å². The Kier molecular flexibility index (Phi) is 4.97. The number of anilines is 1. The van der Waals surface area contributed by atoms with E-state index in [0.29, 0.717) is 10.6 Å². The molecule has 4 rings (SSSR count). The number of rotatable bonds is 3. The lowest BCUT2D eigenvalue weighted by Gasteiger charge is -2.26. The SMILES string of the molecule is Cc1cc(/C=C2\C(=O)NC(=O)N(c3cccnc3)C2=O)c(C)n1-c1ccccc1Cl. The van der Waals surface area contributed by atoms with Crippen molar-refractivity contribution in [2.24, 2.45) is 0 Å². The average Bonchev–Trinajstić information content (AvgIpc) is 2.99. The second-order valence-corrected chi connectivity index (χ2v) is 7.19. The van der Waals surface area contributed by atoms with Crippen molar-refractivity contribution in [3.8, 4) is 5.69 Å². The van der Waals surface area contributed by atoms with Crippen molar-refractivity contribution in [2.45, 2.75) is 13.8 Å². The summed E-state index contributed by atoms with van der Waals surface area (Å²) < 4.78 is 1.95. The van der Waals surface area contributed by atoms with E-state index in [-0.39, 0.29) is 11.3 Å². The second-order valence-electron chi connectivity index (χ2n) is 6.78. The van der Waals surface area contributed by atoms with Gasteiger partial charge in [0.1, 0.15) is 5.57 Å². The molecule has 8 heteroatoms. The highest BCUT2D eigenvalue weighted by Crippen LogP contribution is 2.28. The monoisotopic (exact) mass is 420 g/mol. The highest BCUT2D eigenvalue weighted by molar-refractivity contribution is 6.39. The van der Waals surface area contributed by atoms with Gasteiger partial charge in [0, 0.05) is 17.6 Å². The van der Waals surface area contributed by atoms with Crippen LogP contribution in [-0.4, -0.2) is 27.4 Å². The Morgan fingerprint density at radius 1 is 1.07 bits per heavy atom.